The van der Waals surface area contributed by atoms with Crippen LogP contribution < -0.4 is 5.32 Å². The second-order valence-corrected chi connectivity index (χ2v) is 6.04. The van der Waals surface area contributed by atoms with Gasteiger partial charge in [-0.15, -0.1) is 0 Å². The Morgan fingerprint density at radius 1 is 1.50 bits per heavy atom. The molecule has 0 saturated heterocycles. The average molecular weight is 282 g/mol. The number of hydrogen-bond acceptors (Lipinski definition) is 4. The van der Waals surface area contributed by atoms with Crippen LogP contribution in [0.5, 0.6) is 0 Å². The van der Waals surface area contributed by atoms with Crippen molar-refractivity contribution in [1.29, 1.82) is 0 Å². The van der Waals surface area contributed by atoms with Crippen molar-refractivity contribution in [2.45, 2.75) is 45.8 Å². The predicted octanol–water partition coefficient (Wildman–Crippen LogP) is 2.67. The van der Waals surface area contributed by atoms with Gasteiger partial charge in [0.15, 0.2) is 0 Å². The zero-order valence-electron chi connectivity index (χ0n) is 13.1. The van der Waals surface area contributed by atoms with Gasteiger partial charge >= 0.3 is 6.09 Å². The maximum Gasteiger partial charge on any atom is 0.410 e. The van der Waals surface area contributed by atoms with Crippen LogP contribution in [0, 0.1) is 0 Å². The van der Waals surface area contributed by atoms with Gasteiger partial charge in [0.1, 0.15) is 11.4 Å². The lowest BCUT2D eigenvalue weighted by Gasteiger charge is -2.25. The maximum atomic E-state index is 11.8. The Labute approximate surface area is 121 Å². The van der Waals surface area contributed by atoms with Crippen molar-refractivity contribution in [2.24, 2.45) is 0 Å². The number of likely N-dealkylation sites (N-methyl/N-ethyl adjacent to an activating group) is 1. The van der Waals surface area contributed by atoms with Gasteiger partial charge in [-0.05, 0) is 39.8 Å². The second-order valence-electron chi connectivity index (χ2n) is 6.04. The van der Waals surface area contributed by atoms with E-state index in [-0.39, 0.29) is 6.09 Å². The van der Waals surface area contributed by atoms with Crippen LogP contribution in [0.15, 0.2) is 22.8 Å². The molecular weight excluding hydrogens is 256 g/mol. The van der Waals surface area contributed by atoms with Gasteiger partial charge in [-0.3, -0.25) is 0 Å². The molecule has 5 heteroatoms. The minimum Gasteiger partial charge on any atom is -0.469 e. The van der Waals surface area contributed by atoms with Crippen molar-refractivity contribution in [3.8, 4) is 0 Å². The Morgan fingerprint density at radius 2 is 2.20 bits per heavy atom. The summed E-state index contributed by atoms with van der Waals surface area (Å²) in [5.74, 6) is 0.963. The fourth-order valence-corrected chi connectivity index (χ4v) is 1.71. The van der Waals surface area contributed by atoms with Gasteiger partial charge in [0, 0.05) is 32.6 Å². The maximum absolute atomic E-state index is 11.8. The third-order valence-electron chi connectivity index (χ3n) is 2.73. The summed E-state index contributed by atoms with van der Waals surface area (Å²) in [6, 6.07) is 4.15. The number of carbonyl (C=O) groups is 1. The molecule has 20 heavy (non-hydrogen) atoms. The molecule has 1 amide bonds. The molecule has 0 radical (unpaired) electrons. The topological polar surface area (TPSA) is 54.7 Å². The van der Waals surface area contributed by atoms with Crippen LogP contribution in [0.3, 0.4) is 0 Å². The van der Waals surface area contributed by atoms with E-state index < -0.39 is 5.60 Å². The van der Waals surface area contributed by atoms with Gasteiger partial charge in [0.25, 0.3) is 0 Å². The number of furan rings is 1. The third-order valence-corrected chi connectivity index (χ3v) is 2.73. The highest BCUT2D eigenvalue weighted by Gasteiger charge is 2.19. The molecule has 0 fully saturated rings. The Bertz CT molecular complexity index is 396. The summed E-state index contributed by atoms with van der Waals surface area (Å²) in [7, 11) is 1.74. The van der Waals surface area contributed by atoms with Gasteiger partial charge in [0.2, 0.25) is 0 Å². The van der Waals surface area contributed by atoms with Crippen molar-refractivity contribution >= 4 is 6.09 Å². The minimum atomic E-state index is -0.453. The number of hydrogen-bond donors (Lipinski definition) is 1. The lowest BCUT2D eigenvalue weighted by Crippen LogP contribution is -2.40. The average Bonchev–Trinajstić information content (AvgIpc) is 2.79. The molecule has 0 aliphatic heterocycles. The highest BCUT2D eigenvalue weighted by molar-refractivity contribution is 5.67. The molecule has 0 aliphatic carbocycles. The molecule has 1 heterocycles. The molecule has 1 rings (SSSR count). The molecule has 114 valence electrons. The van der Waals surface area contributed by atoms with E-state index in [0.29, 0.717) is 12.6 Å². The van der Waals surface area contributed by atoms with Crippen LogP contribution in [0.25, 0.3) is 0 Å². The fourth-order valence-electron chi connectivity index (χ4n) is 1.71. The number of nitrogens with zero attached hydrogens (tertiary/aromatic N) is 1. The van der Waals surface area contributed by atoms with Crippen LogP contribution in [0.2, 0.25) is 0 Å². The largest absolute Gasteiger partial charge is 0.469 e. The van der Waals surface area contributed by atoms with Crippen molar-refractivity contribution in [3.05, 3.63) is 24.2 Å². The number of ether oxygens (including phenoxy) is 1. The highest BCUT2D eigenvalue weighted by Crippen LogP contribution is 2.08. The lowest BCUT2D eigenvalue weighted by atomic mass is 10.2. The van der Waals surface area contributed by atoms with E-state index >= 15 is 0 Å². The first-order valence-corrected chi connectivity index (χ1v) is 6.98. The monoisotopic (exact) mass is 282 g/mol. The SMILES string of the molecule is CC(Cc1ccco1)NCCN(C)C(=O)OC(C)(C)C. The van der Waals surface area contributed by atoms with Crippen molar-refractivity contribution in [2.75, 3.05) is 20.1 Å². The number of carbonyl (C=O) groups excluding carboxylic acids is 1. The molecule has 0 spiro atoms. The summed E-state index contributed by atoms with van der Waals surface area (Å²) < 4.78 is 10.6. The normalized spacial score (nSPS) is 13.1. The first-order chi connectivity index (χ1) is 9.28. The zero-order chi connectivity index (χ0) is 15.2. The first-order valence-electron chi connectivity index (χ1n) is 6.98. The van der Waals surface area contributed by atoms with Gasteiger partial charge in [0.05, 0.1) is 6.26 Å². The van der Waals surface area contributed by atoms with Gasteiger partial charge in [-0.2, -0.15) is 0 Å². The smallest absolute Gasteiger partial charge is 0.410 e. The summed E-state index contributed by atoms with van der Waals surface area (Å²) in [6.07, 6.45) is 2.22. The zero-order valence-corrected chi connectivity index (χ0v) is 13.1. The fraction of sp³-hybridized carbons (Fsp3) is 0.667. The summed E-state index contributed by atoms with van der Waals surface area (Å²) in [5, 5.41) is 3.36. The Kier molecular flexibility index (Phi) is 6.07. The van der Waals surface area contributed by atoms with Crippen LogP contribution >= 0.6 is 0 Å². The molecular formula is C15H26N2O3. The summed E-state index contributed by atoms with van der Waals surface area (Å²) in [4.78, 5) is 13.3. The number of rotatable bonds is 6. The van der Waals surface area contributed by atoms with E-state index in [1.807, 2.05) is 32.9 Å². The molecule has 1 unspecified atom stereocenters. The van der Waals surface area contributed by atoms with E-state index in [1.54, 1.807) is 18.2 Å². The number of nitrogens with one attached hydrogen (secondary N) is 1. The molecule has 0 bridgehead atoms. The standard InChI is InChI=1S/C15H26N2O3/c1-12(11-13-7-6-10-19-13)16-8-9-17(5)14(18)20-15(2,3)4/h6-7,10,12,16H,8-9,11H2,1-5H3. The van der Waals surface area contributed by atoms with Gasteiger partial charge in [-0.25, -0.2) is 4.79 Å². The van der Waals surface area contributed by atoms with E-state index in [4.69, 9.17) is 9.15 Å². The summed E-state index contributed by atoms with van der Waals surface area (Å²) in [6.45, 7) is 9.01. The first kappa shape index (κ1) is 16.6. The molecule has 0 saturated carbocycles. The van der Waals surface area contributed by atoms with Crippen LogP contribution in [-0.2, 0) is 11.2 Å². The van der Waals surface area contributed by atoms with Crippen molar-refractivity contribution in [3.63, 3.8) is 0 Å². The van der Waals surface area contributed by atoms with Crippen molar-refractivity contribution in [1.82, 2.24) is 10.2 Å². The Balaban J connectivity index is 2.21. The van der Waals surface area contributed by atoms with E-state index in [1.165, 1.54) is 0 Å². The summed E-state index contributed by atoms with van der Waals surface area (Å²) in [5.41, 5.74) is -0.453. The molecule has 1 aromatic heterocycles. The molecule has 0 aliphatic rings. The van der Waals surface area contributed by atoms with E-state index in [2.05, 4.69) is 12.2 Å². The molecule has 1 N–H and O–H groups in total. The van der Waals surface area contributed by atoms with Crippen LogP contribution in [-0.4, -0.2) is 42.8 Å². The lowest BCUT2D eigenvalue weighted by molar-refractivity contribution is 0.0299. The number of amides is 1. The molecule has 1 atom stereocenters. The van der Waals surface area contributed by atoms with Gasteiger partial charge < -0.3 is 19.4 Å². The van der Waals surface area contributed by atoms with Crippen molar-refractivity contribution < 1.29 is 13.9 Å². The van der Waals surface area contributed by atoms with E-state index in [0.717, 1.165) is 18.7 Å². The quantitative estimate of drug-likeness (QED) is 0.871. The molecule has 0 aromatic carbocycles. The Morgan fingerprint density at radius 3 is 2.75 bits per heavy atom. The van der Waals surface area contributed by atoms with Crippen LogP contribution in [0.4, 0.5) is 4.79 Å². The Hall–Kier alpha value is -1.49. The highest BCUT2D eigenvalue weighted by atomic mass is 16.6. The van der Waals surface area contributed by atoms with Crippen LogP contribution in [0.1, 0.15) is 33.5 Å². The van der Waals surface area contributed by atoms with Gasteiger partial charge in [-0.1, -0.05) is 0 Å². The molecule has 1 aromatic rings. The predicted molar refractivity (Wildman–Crippen MR) is 78.7 cm³/mol. The minimum absolute atomic E-state index is 0.294. The molecule has 5 nitrogen and oxygen atoms in total. The third kappa shape index (κ3) is 6.61. The second kappa shape index (κ2) is 7.33. The van der Waals surface area contributed by atoms with E-state index in [9.17, 15) is 4.79 Å². The summed E-state index contributed by atoms with van der Waals surface area (Å²) >= 11 is 0.